The van der Waals surface area contributed by atoms with Crippen molar-refractivity contribution in [3.05, 3.63) is 35.6 Å². The van der Waals surface area contributed by atoms with Crippen molar-refractivity contribution in [2.24, 2.45) is 17.8 Å². The van der Waals surface area contributed by atoms with E-state index in [4.69, 9.17) is 0 Å². The summed E-state index contributed by atoms with van der Waals surface area (Å²) in [6, 6.07) is 6.39. The highest BCUT2D eigenvalue weighted by atomic mass is 19.1. The molecular weight excluding hydrogens is 385 g/mol. The Balaban J connectivity index is 1.20. The summed E-state index contributed by atoms with van der Waals surface area (Å²) in [6.45, 7) is 3.15. The third-order valence-corrected chi connectivity index (χ3v) is 6.59. The van der Waals surface area contributed by atoms with Gasteiger partial charge in [0.1, 0.15) is 5.82 Å². The standard InChI is InChI=1S/C23H30FN3O3/c24-20-4-2-1-3-18(20)11-21(28)26-9-7-17(8-10-26)14-27-15-19(12-22(27)29)23(30)25-13-16-5-6-16/h1-4,16-17,19H,5-15H2,(H,25,30). The highest BCUT2D eigenvalue weighted by Gasteiger charge is 2.36. The average Bonchev–Trinajstić information content (AvgIpc) is 3.50. The van der Waals surface area contributed by atoms with Crippen LogP contribution >= 0.6 is 0 Å². The van der Waals surface area contributed by atoms with Crippen LogP contribution in [0.25, 0.3) is 0 Å². The summed E-state index contributed by atoms with van der Waals surface area (Å²) in [4.78, 5) is 40.8. The number of likely N-dealkylation sites (tertiary alicyclic amines) is 2. The first-order valence-electron chi connectivity index (χ1n) is 11.1. The monoisotopic (exact) mass is 415 g/mol. The normalized spacial score (nSPS) is 22.4. The fourth-order valence-electron chi connectivity index (χ4n) is 4.43. The van der Waals surface area contributed by atoms with Gasteiger partial charge < -0.3 is 15.1 Å². The minimum atomic E-state index is -0.344. The van der Waals surface area contributed by atoms with Crippen LogP contribution in [0.5, 0.6) is 0 Å². The summed E-state index contributed by atoms with van der Waals surface area (Å²) < 4.78 is 13.8. The maximum Gasteiger partial charge on any atom is 0.227 e. The lowest BCUT2D eigenvalue weighted by Crippen LogP contribution is -2.42. The SMILES string of the molecule is O=C(NCC1CC1)C1CC(=O)N(CC2CCN(C(=O)Cc3ccccc3F)CC2)C1. The van der Waals surface area contributed by atoms with Gasteiger partial charge in [-0.15, -0.1) is 0 Å². The first-order chi connectivity index (χ1) is 14.5. The number of amides is 3. The van der Waals surface area contributed by atoms with Gasteiger partial charge in [-0.05, 0) is 49.1 Å². The number of nitrogens with zero attached hydrogens (tertiary/aromatic N) is 2. The van der Waals surface area contributed by atoms with E-state index in [0.29, 0.717) is 50.0 Å². The van der Waals surface area contributed by atoms with Crippen LogP contribution < -0.4 is 5.32 Å². The molecule has 1 aliphatic carbocycles. The molecule has 7 heteroatoms. The summed E-state index contributed by atoms with van der Waals surface area (Å²) in [5.74, 6) is 0.394. The van der Waals surface area contributed by atoms with E-state index in [9.17, 15) is 18.8 Å². The second kappa shape index (κ2) is 9.14. The van der Waals surface area contributed by atoms with Crippen LogP contribution in [0.2, 0.25) is 0 Å². The molecule has 30 heavy (non-hydrogen) atoms. The van der Waals surface area contributed by atoms with E-state index in [1.165, 1.54) is 18.9 Å². The number of hydrogen-bond acceptors (Lipinski definition) is 3. The van der Waals surface area contributed by atoms with Crippen molar-refractivity contribution in [1.29, 1.82) is 0 Å². The van der Waals surface area contributed by atoms with Gasteiger partial charge in [0.15, 0.2) is 0 Å². The highest BCUT2D eigenvalue weighted by molar-refractivity contribution is 5.89. The van der Waals surface area contributed by atoms with E-state index in [0.717, 1.165) is 19.4 Å². The van der Waals surface area contributed by atoms with Gasteiger partial charge in [-0.3, -0.25) is 14.4 Å². The minimum absolute atomic E-state index is 0.00584. The lowest BCUT2D eigenvalue weighted by atomic mass is 9.95. The molecule has 3 amide bonds. The molecule has 0 bridgehead atoms. The predicted octanol–water partition coefficient (Wildman–Crippen LogP) is 1.98. The fraction of sp³-hybridized carbons (Fsp3) is 0.609. The van der Waals surface area contributed by atoms with Gasteiger partial charge in [0, 0.05) is 39.1 Å². The van der Waals surface area contributed by atoms with Gasteiger partial charge in [0.2, 0.25) is 17.7 Å². The van der Waals surface area contributed by atoms with Gasteiger partial charge in [-0.2, -0.15) is 0 Å². The molecule has 1 aromatic rings. The summed E-state index contributed by atoms with van der Waals surface area (Å²) in [7, 11) is 0. The first-order valence-corrected chi connectivity index (χ1v) is 11.1. The third kappa shape index (κ3) is 5.18. The number of carbonyl (C=O) groups is 3. The molecule has 0 radical (unpaired) electrons. The molecule has 3 fully saturated rings. The van der Waals surface area contributed by atoms with Gasteiger partial charge in [0.25, 0.3) is 0 Å². The number of halogens is 1. The molecule has 2 aliphatic heterocycles. The van der Waals surface area contributed by atoms with Crippen LogP contribution in [0.15, 0.2) is 24.3 Å². The number of piperidine rings is 1. The van der Waals surface area contributed by atoms with Crippen LogP contribution in [0.1, 0.15) is 37.7 Å². The quantitative estimate of drug-likeness (QED) is 0.740. The molecular formula is C23H30FN3O3. The van der Waals surface area contributed by atoms with Crippen LogP contribution in [0.3, 0.4) is 0 Å². The largest absolute Gasteiger partial charge is 0.356 e. The van der Waals surface area contributed by atoms with Gasteiger partial charge in [-0.1, -0.05) is 18.2 Å². The zero-order chi connectivity index (χ0) is 21.1. The van der Waals surface area contributed by atoms with Crippen molar-refractivity contribution in [2.75, 3.05) is 32.7 Å². The number of nitrogens with one attached hydrogen (secondary N) is 1. The molecule has 2 saturated heterocycles. The van der Waals surface area contributed by atoms with Crippen LogP contribution in [0.4, 0.5) is 4.39 Å². The smallest absolute Gasteiger partial charge is 0.227 e. The lowest BCUT2D eigenvalue weighted by molar-refractivity contribution is -0.133. The zero-order valence-electron chi connectivity index (χ0n) is 17.3. The van der Waals surface area contributed by atoms with Gasteiger partial charge >= 0.3 is 0 Å². The number of benzene rings is 1. The van der Waals surface area contributed by atoms with E-state index in [-0.39, 0.29) is 35.9 Å². The van der Waals surface area contributed by atoms with E-state index < -0.39 is 0 Å². The van der Waals surface area contributed by atoms with Crippen molar-refractivity contribution in [1.82, 2.24) is 15.1 Å². The molecule has 1 unspecified atom stereocenters. The molecule has 1 N–H and O–H groups in total. The fourth-order valence-corrected chi connectivity index (χ4v) is 4.43. The molecule has 0 spiro atoms. The Morgan fingerprint density at radius 3 is 2.50 bits per heavy atom. The van der Waals surface area contributed by atoms with Crippen molar-refractivity contribution >= 4 is 17.7 Å². The molecule has 162 valence electrons. The van der Waals surface area contributed by atoms with E-state index >= 15 is 0 Å². The van der Waals surface area contributed by atoms with Crippen molar-refractivity contribution < 1.29 is 18.8 Å². The average molecular weight is 416 g/mol. The van der Waals surface area contributed by atoms with Crippen LogP contribution in [0, 0.1) is 23.6 Å². The van der Waals surface area contributed by atoms with E-state index in [1.807, 2.05) is 4.90 Å². The van der Waals surface area contributed by atoms with E-state index in [2.05, 4.69) is 5.32 Å². The Morgan fingerprint density at radius 2 is 1.80 bits per heavy atom. The number of carbonyl (C=O) groups excluding carboxylic acids is 3. The highest BCUT2D eigenvalue weighted by Crippen LogP contribution is 2.28. The molecule has 2 heterocycles. The van der Waals surface area contributed by atoms with Crippen LogP contribution in [-0.2, 0) is 20.8 Å². The molecule has 1 saturated carbocycles. The van der Waals surface area contributed by atoms with Gasteiger partial charge in [-0.25, -0.2) is 4.39 Å². The molecule has 4 rings (SSSR count). The number of rotatable bonds is 7. The Labute approximate surface area is 176 Å². The number of hydrogen-bond donors (Lipinski definition) is 1. The van der Waals surface area contributed by atoms with Crippen LogP contribution in [-0.4, -0.2) is 60.2 Å². The summed E-state index contributed by atoms with van der Waals surface area (Å²) >= 11 is 0. The zero-order valence-corrected chi connectivity index (χ0v) is 17.3. The van der Waals surface area contributed by atoms with E-state index in [1.54, 1.807) is 23.1 Å². The topological polar surface area (TPSA) is 69.7 Å². The summed E-state index contributed by atoms with van der Waals surface area (Å²) in [6.07, 6.45) is 4.42. The second-order valence-corrected chi connectivity index (χ2v) is 8.98. The predicted molar refractivity (Wildman–Crippen MR) is 110 cm³/mol. The lowest BCUT2D eigenvalue weighted by Gasteiger charge is -2.34. The second-order valence-electron chi connectivity index (χ2n) is 8.98. The van der Waals surface area contributed by atoms with Crippen molar-refractivity contribution in [2.45, 2.75) is 38.5 Å². The molecule has 1 atom stereocenters. The molecule has 6 nitrogen and oxygen atoms in total. The Kier molecular flexibility index (Phi) is 6.35. The van der Waals surface area contributed by atoms with Crippen molar-refractivity contribution in [3.8, 4) is 0 Å². The Hall–Kier alpha value is -2.44. The molecule has 0 aromatic heterocycles. The minimum Gasteiger partial charge on any atom is -0.356 e. The maximum atomic E-state index is 13.8. The Morgan fingerprint density at radius 1 is 1.07 bits per heavy atom. The Bertz CT molecular complexity index is 803. The first kappa shape index (κ1) is 20.8. The molecule has 1 aromatic carbocycles. The van der Waals surface area contributed by atoms with Crippen molar-refractivity contribution in [3.63, 3.8) is 0 Å². The summed E-state index contributed by atoms with van der Waals surface area (Å²) in [5.41, 5.74) is 0.429. The molecule has 3 aliphatic rings. The maximum absolute atomic E-state index is 13.8. The summed E-state index contributed by atoms with van der Waals surface area (Å²) in [5, 5.41) is 2.98. The van der Waals surface area contributed by atoms with Gasteiger partial charge in [0.05, 0.1) is 12.3 Å². The third-order valence-electron chi connectivity index (χ3n) is 6.59.